The predicted molar refractivity (Wildman–Crippen MR) is 90.2 cm³/mol. The van der Waals surface area contributed by atoms with Gasteiger partial charge in [0.25, 0.3) is 0 Å². The van der Waals surface area contributed by atoms with Gasteiger partial charge in [0.1, 0.15) is 23.3 Å². The molecule has 1 aromatic heterocycles. The molecule has 1 heterocycles. The van der Waals surface area contributed by atoms with E-state index in [0.717, 1.165) is 11.3 Å². The Kier molecular flexibility index (Phi) is 4.06. The highest BCUT2D eigenvalue weighted by atomic mass is 16.5. The Hall–Kier alpha value is -2.75. The number of hydrogen-bond donors (Lipinski definition) is 0. The molecule has 0 amide bonds. The van der Waals surface area contributed by atoms with Crippen LogP contribution in [0.4, 0.5) is 0 Å². The molecule has 0 saturated heterocycles. The van der Waals surface area contributed by atoms with E-state index in [4.69, 9.17) is 13.9 Å². The van der Waals surface area contributed by atoms with Crippen LogP contribution in [0, 0.1) is 0 Å². The molecular weight excluding hydrogens is 292 g/mol. The first kappa shape index (κ1) is 15.2. The maximum atomic E-state index is 12.7. The number of fused-ring (bicyclic) bond motifs is 1. The first-order valence-electron chi connectivity index (χ1n) is 7.45. The van der Waals surface area contributed by atoms with Crippen LogP contribution in [0.1, 0.15) is 13.8 Å². The lowest BCUT2D eigenvalue weighted by Gasteiger charge is -2.10. The Morgan fingerprint density at radius 3 is 2.35 bits per heavy atom. The van der Waals surface area contributed by atoms with Gasteiger partial charge < -0.3 is 13.9 Å². The zero-order valence-electron chi connectivity index (χ0n) is 13.3. The molecule has 0 spiro atoms. The molecule has 23 heavy (non-hydrogen) atoms. The van der Waals surface area contributed by atoms with Crippen LogP contribution in [-0.2, 0) is 0 Å². The lowest BCUT2D eigenvalue weighted by atomic mass is 10.1. The fourth-order valence-corrected chi connectivity index (χ4v) is 2.42. The smallest absolute Gasteiger partial charge is 0.200 e. The van der Waals surface area contributed by atoms with Gasteiger partial charge in [-0.05, 0) is 43.7 Å². The fourth-order valence-electron chi connectivity index (χ4n) is 2.42. The SMILES string of the molecule is COc1ccc(-c2coc3cc(OC(C)C)ccc3c2=O)cc1. The van der Waals surface area contributed by atoms with Crippen molar-refractivity contribution in [1.29, 1.82) is 0 Å². The molecular formula is C19H18O4. The van der Waals surface area contributed by atoms with E-state index in [-0.39, 0.29) is 11.5 Å². The molecule has 0 aliphatic carbocycles. The summed E-state index contributed by atoms with van der Waals surface area (Å²) < 4.78 is 16.4. The summed E-state index contributed by atoms with van der Waals surface area (Å²) in [7, 11) is 1.61. The standard InChI is InChI=1S/C19H18O4/c1-12(2)23-15-8-9-16-18(10-15)22-11-17(19(16)20)13-4-6-14(21-3)7-5-13/h4-12H,1-3H3. The van der Waals surface area contributed by atoms with Crippen molar-refractivity contribution in [1.82, 2.24) is 0 Å². The average molecular weight is 310 g/mol. The number of benzene rings is 2. The lowest BCUT2D eigenvalue weighted by Crippen LogP contribution is -2.07. The van der Waals surface area contributed by atoms with E-state index >= 15 is 0 Å². The van der Waals surface area contributed by atoms with Gasteiger partial charge in [0.2, 0.25) is 0 Å². The number of ether oxygens (including phenoxy) is 2. The highest BCUT2D eigenvalue weighted by Crippen LogP contribution is 2.24. The molecule has 0 saturated carbocycles. The van der Waals surface area contributed by atoms with Crippen LogP contribution in [0.15, 0.2) is 57.9 Å². The summed E-state index contributed by atoms with van der Waals surface area (Å²) in [5.41, 5.74) is 1.78. The Balaban J connectivity index is 2.06. The van der Waals surface area contributed by atoms with Gasteiger partial charge in [0.15, 0.2) is 5.43 Å². The molecule has 0 N–H and O–H groups in total. The van der Waals surface area contributed by atoms with Crippen LogP contribution >= 0.6 is 0 Å². The molecule has 3 aromatic rings. The van der Waals surface area contributed by atoms with Gasteiger partial charge in [-0.2, -0.15) is 0 Å². The Morgan fingerprint density at radius 2 is 1.70 bits per heavy atom. The average Bonchev–Trinajstić information content (AvgIpc) is 2.55. The zero-order chi connectivity index (χ0) is 16.4. The second-order valence-corrected chi connectivity index (χ2v) is 5.53. The summed E-state index contributed by atoms with van der Waals surface area (Å²) in [6, 6.07) is 12.6. The van der Waals surface area contributed by atoms with Gasteiger partial charge in [0.05, 0.1) is 24.2 Å². The van der Waals surface area contributed by atoms with Crippen molar-refractivity contribution in [2.45, 2.75) is 20.0 Å². The summed E-state index contributed by atoms with van der Waals surface area (Å²) >= 11 is 0. The first-order valence-corrected chi connectivity index (χ1v) is 7.45. The quantitative estimate of drug-likeness (QED) is 0.722. The summed E-state index contributed by atoms with van der Waals surface area (Å²) in [5, 5.41) is 0.537. The van der Waals surface area contributed by atoms with Crippen molar-refractivity contribution in [3.63, 3.8) is 0 Å². The van der Waals surface area contributed by atoms with Crippen molar-refractivity contribution < 1.29 is 13.9 Å². The van der Waals surface area contributed by atoms with E-state index < -0.39 is 0 Å². The molecule has 4 heteroatoms. The Labute approximate surface area is 134 Å². The van der Waals surface area contributed by atoms with Crippen LogP contribution in [-0.4, -0.2) is 13.2 Å². The molecule has 118 valence electrons. The Morgan fingerprint density at radius 1 is 1.00 bits per heavy atom. The summed E-state index contributed by atoms with van der Waals surface area (Å²) in [5.74, 6) is 1.43. The van der Waals surface area contributed by atoms with E-state index in [1.54, 1.807) is 25.3 Å². The number of rotatable bonds is 4. The molecule has 2 aromatic carbocycles. The minimum Gasteiger partial charge on any atom is -0.497 e. The van der Waals surface area contributed by atoms with Crippen LogP contribution in [0.25, 0.3) is 22.1 Å². The van der Waals surface area contributed by atoms with Crippen molar-refractivity contribution in [3.05, 3.63) is 59.0 Å². The molecule has 0 atom stereocenters. The van der Waals surface area contributed by atoms with Crippen LogP contribution < -0.4 is 14.9 Å². The van der Waals surface area contributed by atoms with E-state index in [1.807, 2.05) is 38.1 Å². The maximum Gasteiger partial charge on any atom is 0.200 e. The minimum atomic E-state index is -0.0625. The van der Waals surface area contributed by atoms with E-state index in [0.29, 0.717) is 22.3 Å². The Bertz CT molecular complexity index is 876. The van der Waals surface area contributed by atoms with Gasteiger partial charge in [0, 0.05) is 6.07 Å². The first-order chi connectivity index (χ1) is 11.1. The van der Waals surface area contributed by atoms with E-state index in [2.05, 4.69) is 0 Å². The van der Waals surface area contributed by atoms with E-state index in [9.17, 15) is 4.79 Å². The van der Waals surface area contributed by atoms with E-state index in [1.165, 1.54) is 6.26 Å². The molecule has 0 fully saturated rings. The van der Waals surface area contributed by atoms with Crippen LogP contribution in [0.2, 0.25) is 0 Å². The van der Waals surface area contributed by atoms with Crippen LogP contribution in [0.3, 0.4) is 0 Å². The normalized spacial score (nSPS) is 11.0. The second-order valence-electron chi connectivity index (χ2n) is 5.53. The lowest BCUT2D eigenvalue weighted by molar-refractivity contribution is 0.242. The van der Waals surface area contributed by atoms with Gasteiger partial charge in [-0.1, -0.05) is 12.1 Å². The third kappa shape index (κ3) is 3.06. The molecule has 4 nitrogen and oxygen atoms in total. The zero-order valence-corrected chi connectivity index (χ0v) is 13.3. The largest absolute Gasteiger partial charge is 0.497 e. The summed E-state index contributed by atoms with van der Waals surface area (Å²) in [6.45, 7) is 3.90. The van der Waals surface area contributed by atoms with Gasteiger partial charge >= 0.3 is 0 Å². The summed E-state index contributed by atoms with van der Waals surface area (Å²) in [6.07, 6.45) is 1.56. The fraction of sp³-hybridized carbons (Fsp3) is 0.211. The monoisotopic (exact) mass is 310 g/mol. The molecule has 0 unspecified atom stereocenters. The third-order valence-corrected chi connectivity index (χ3v) is 3.52. The molecule has 3 rings (SSSR count). The molecule has 0 bridgehead atoms. The second kappa shape index (κ2) is 6.16. The molecule has 0 aliphatic heterocycles. The highest BCUT2D eigenvalue weighted by Gasteiger charge is 2.10. The van der Waals surface area contributed by atoms with Gasteiger partial charge in [-0.25, -0.2) is 0 Å². The third-order valence-electron chi connectivity index (χ3n) is 3.52. The molecule has 0 radical (unpaired) electrons. The number of hydrogen-bond acceptors (Lipinski definition) is 4. The summed E-state index contributed by atoms with van der Waals surface area (Å²) in [4.78, 5) is 12.7. The van der Waals surface area contributed by atoms with Crippen molar-refractivity contribution in [3.8, 4) is 22.6 Å². The predicted octanol–water partition coefficient (Wildman–Crippen LogP) is 4.26. The van der Waals surface area contributed by atoms with Crippen molar-refractivity contribution in [2.75, 3.05) is 7.11 Å². The molecule has 0 aliphatic rings. The maximum absolute atomic E-state index is 12.7. The highest BCUT2D eigenvalue weighted by molar-refractivity contribution is 5.82. The van der Waals surface area contributed by atoms with Crippen LogP contribution in [0.5, 0.6) is 11.5 Å². The number of methoxy groups -OCH3 is 1. The van der Waals surface area contributed by atoms with Gasteiger partial charge in [-0.3, -0.25) is 4.79 Å². The topological polar surface area (TPSA) is 48.7 Å². The van der Waals surface area contributed by atoms with Gasteiger partial charge in [-0.15, -0.1) is 0 Å². The van der Waals surface area contributed by atoms with Crippen molar-refractivity contribution in [2.24, 2.45) is 0 Å². The minimum absolute atomic E-state index is 0.0625. The van der Waals surface area contributed by atoms with Crippen molar-refractivity contribution >= 4 is 11.0 Å².